The molecule has 5 heteroatoms. The van der Waals surface area contributed by atoms with E-state index >= 15 is 0 Å². The van der Waals surface area contributed by atoms with E-state index in [1.54, 1.807) is 11.3 Å². The third kappa shape index (κ3) is 3.64. The molecule has 3 aromatic rings. The zero-order valence-corrected chi connectivity index (χ0v) is 16.0. The summed E-state index contributed by atoms with van der Waals surface area (Å²) < 4.78 is 1.22. The topological polar surface area (TPSA) is 45.2 Å². The molecule has 4 rings (SSSR count). The van der Waals surface area contributed by atoms with Gasteiger partial charge in [-0.05, 0) is 68.6 Å². The summed E-state index contributed by atoms with van der Waals surface area (Å²) in [4.78, 5) is 19.6. The van der Waals surface area contributed by atoms with Crippen LogP contribution in [0.25, 0.3) is 10.2 Å². The summed E-state index contributed by atoms with van der Waals surface area (Å²) in [6.07, 6.45) is 2.17. The Balaban J connectivity index is 1.47. The second kappa shape index (κ2) is 7.17. The van der Waals surface area contributed by atoms with E-state index in [4.69, 9.17) is 4.98 Å². The summed E-state index contributed by atoms with van der Waals surface area (Å²) in [6.45, 7) is 5.45. The molecule has 134 valence electrons. The van der Waals surface area contributed by atoms with Gasteiger partial charge in [-0.25, -0.2) is 4.98 Å². The van der Waals surface area contributed by atoms with Gasteiger partial charge in [0.1, 0.15) is 5.01 Å². The Morgan fingerprint density at radius 3 is 2.77 bits per heavy atom. The molecule has 0 aliphatic carbocycles. The van der Waals surface area contributed by atoms with Crippen molar-refractivity contribution < 1.29 is 4.79 Å². The van der Waals surface area contributed by atoms with E-state index in [-0.39, 0.29) is 11.9 Å². The number of carbonyl (C=O) groups excluding carboxylic acids is 1. The lowest BCUT2D eigenvalue weighted by atomic mass is 10.1. The van der Waals surface area contributed by atoms with Crippen LogP contribution in [-0.4, -0.2) is 28.9 Å². The number of rotatable bonds is 4. The minimum Gasteiger partial charge on any atom is -0.325 e. The summed E-state index contributed by atoms with van der Waals surface area (Å²) in [5, 5.41) is 4.18. The standard InChI is InChI=1S/C21H23N3OS/c1-14-10-15(2)12-16(11-14)22-20(25)13-24-9-5-7-18(24)21-23-17-6-3-4-8-19(17)26-21/h3-4,6,8,10-12,18H,5,7,9,13H2,1-2H3,(H,22,25)/t18-/m1/s1. The number of nitrogens with one attached hydrogen (secondary N) is 1. The fourth-order valence-electron chi connectivity index (χ4n) is 3.76. The van der Waals surface area contributed by atoms with Crippen LogP contribution < -0.4 is 5.32 Å². The summed E-state index contributed by atoms with van der Waals surface area (Å²) in [5.41, 5.74) is 4.25. The van der Waals surface area contributed by atoms with Crippen molar-refractivity contribution in [3.8, 4) is 0 Å². The number of anilines is 1. The third-order valence-electron chi connectivity index (χ3n) is 4.81. The minimum absolute atomic E-state index is 0.0445. The highest BCUT2D eigenvalue weighted by molar-refractivity contribution is 7.18. The number of nitrogens with zero attached hydrogens (tertiary/aromatic N) is 2. The predicted molar refractivity (Wildman–Crippen MR) is 108 cm³/mol. The van der Waals surface area contributed by atoms with Crippen molar-refractivity contribution in [2.45, 2.75) is 32.7 Å². The Morgan fingerprint density at radius 1 is 1.23 bits per heavy atom. The zero-order valence-electron chi connectivity index (χ0n) is 15.2. The fraction of sp³-hybridized carbons (Fsp3) is 0.333. The van der Waals surface area contributed by atoms with Gasteiger partial charge in [0.15, 0.2) is 0 Å². The van der Waals surface area contributed by atoms with E-state index in [0.29, 0.717) is 6.54 Å². The predicted octanol–water partition coefficient (Wildman–Crippen LogP) is 4.69. The van der Waals surface area contributed by atoms with Crippen LogP contribution in [0.1, 0.15) is 35.0 Å². The van der Waals surface area contributed by atoms with E-state index in [9.17, 15) is 4.79 Å². The molecule has 1 aliphatic heterocycles. The molecular formula is C21H23N3OS. The van der Waals surface area contributed by atoms with Crippen molar-refractivity contribution in [3.05, 3.63) is 58.6 Å². The van der Waals surface area contributed by atoms with Crippen LogP contribution in [0.4, 0.5) is 5.69 Å². The molecule has 0 bridgehead atoms. The first-order chi connectivity index (χ1) is 12.6. The van der Waals surface area contributed by atoms with Gasteiger partial charge in [-0.2, -0.15) is 0 Å². The highest BCUT2D eigenvalue weighted by atomic mass is 32.1. The van der Waals surface area contributed by atoms with Crippen LogP contribution in [0.5, 0.6) is 0 Å². The lowest BCUT2D eigenvalue weighted by Crippen LogP contribution is -2.32. The minimum atomic E-state index is 0.0445. The van der Waals surface area contributed by atoms with Gasteiger partial charge in [0, 0.05) is 5.69 Å². The number of thiazole rings is 1. The molecule has 0 radical (unpaired) electrons. The van der Waals surface area contributed by atoms with Gasteiger partial charge in [-0.3, -0.25) is 9.69 Å². The first-order valence-corrected chi connectivity index (χ1v) is 9.88. The molecule has 0 unspecified atom stereocenters. The van der Waals surface area contributed by atoms with Gasteiger partial charge in [-0.15, -0.1) is 11.3 Å². The third-order valence-corrected chi connectivity index (χ3v) is 5.95. The molecule has 1 fully saturated rings. The summed E-state index contributed by atoms with van der Waals surface area (Å²) in [7, 11) is 0. The Labute approximate surface area is 157 Å². The van der Waals surface area contributed by atoms with Gasteiger partial charge in [0.05, 0.1) is 22.8 Å². The van der Waals surface area contributed by atoms with Crippen LogP contribution in [-0.2, 0) is 4.79 Å². The molecule has 1 aromatic heterocycles. The van der Waals surface area contributed by atoms with Crippen molar-refractivity contribution in [1.82, 2.24) is 9.88 Å². The van der Waals surface area contributed by atoms with Crippen molar-refractivity contribution >= 4 is 33.1 Å². The van der Waals surface area contributed by atoms with E-state index in [2.05, 4.69) is 28.4 Å². The summed E-state index contributed by atoms with van der Waals surface area (Å²) in [5.74, 6) is 0.0445. The van der Waals surface area contributed by atoms with Crippen LogP contribution in [0.2, 0.25) is 0 Å². The van der Waals surface area contributed by atoms with E-state index < -0.39 is 0 Å². The Bertz CT molecular complexity index is 896. The van der Waals surface area contributed by atoms with E-state index in [1.807, 2.05) is 38.1 Å². The van der Waals surface area contributed by atoms with Crippen LogP contribution in [0, 0.1) is 13.8 Å². The first-order valence-electron chi connectivity index (χ1n) is 9.06. The number of para-hydroxylation sites is 1. The number of benzene rings is 2. The second-order valence-electron chi connectivity index (χ2n) is 7.07. The number of hydrogen-bond donors (Lipinski definition) is 1. The monoisotopic (exact) mass is 365 g/mol. The molecule has 0 spiro atoms. The van der Waals surface area contributed by atoms with Crippen molar-refractivity contribution in [3.63, 3.8) is 0 Å². The number of aryl methyl sites for hydroxylation is 2. The maximum Gasteiger partial charge on any atom is 0.238 e. The van der Waals surface area contributed by atoms with E-state index in [0.717, 1.165) is 46.7 Å². The van der Waals surface area contributed by atoms with Crippen LogP contribution in [0.15, 0.2) is 42.5 Å². The lowest BCUT2D eigenvalue weighted by Gasteiger charge is -2.22. The molecule has 1 aliphatic rings. The van der Waals surface area contributed by atoms with Crippen molar-refractivity contribution in [1.29, 1.82) is 0 Å². The molecule has 2 heterocycles. The number of aromatic nitrogens is 1. The lowest BCUT2D eigenvalue weighted by molar-refractivity contribution is -0.117. The van der Waals surface area contributed by atoms with Crippen LogP contribution in [0.3, 0.4) is 0 Å². The number of likely N-dealkylation sites (tertiary alicyclic amines) is 1. The highest BCUT2D eigenvalue weighted by Crippen LogP contribution is 2.36. The maximum atomic E-state index is 12.6. The second-order valence-corrected chi connectivity index (χ2v) is 8.14. The van der Waals surface area contributed by atoms with Gasteiger partial charge in [-0.1, -0.05) is 18.2 Å². The zero-order chi connectivity index (χ0) is 18.1. The number of amides is 1. The average Bonchev–Trinajstić information content (AvgIpc) is 3.19. The molecule has 4 nitrogen and oxygen atoms in total. The molecule has 1 atom stereocenters. The molecule has 1 amide bonds. The van der Waals surface area contributed by atoms with E-state index in [1.165, 1.54) is 4.70 Å². The molecular weight excluding hydrogens is 342 g/mol. The molecule has 2 aromatic carbocycles. The largest absolute Gasteiger partial charge is 0.325 e. The van der Waals surface area contributed by atoms with Crippen LogP contribution >= 0.6 is 11.3 Å². The first kappa shape index (κ1) is 17.2. The average molecular weight is 366 g/mol. The normalized spacial score (nSPS) is 17.7. The Morgan fingerprint density at radius 2 is 2.00 bits per heavy atom. The van der Waals surface area contributed by atoms with Gasteiger partial charge >= 0.3 is 0 Å². The molecule has 1 N–H and O–H groups in total. The molecule has 0 saturated carbocycles. The molecule has 26 heavy (non-hydrogen) atoms. The van der Waals surface area contributed by atoms with Gasteiger partial charge < -0.3 is 5.32 Å². The maximum absolute atomic E-state index is 12.6. The SMILES string of the molecule is Cc1cc(C)cc(NC(=O)CN2CCC[C@@H]2c2nc3ccccc3s2)c1. The number of hydrogen-bond acceptors (Lipinski definition) is 4. The van der Waals surface area contributed by atoms with Crippen molar-refractivity contribution in [2.75, 3.05) is 18.4 Å². The summed E-state index contributed by atoms with van der Waals surface area (Å²) >= 11 is 1.75. The van der Waals surface area contributed by atoms with Gasteiger partial charge in [0.2, 0.25) is 5.91 Å². The Kier molecular flexibility index (Phi) is 4.74. The molecule has 1 saturated heterocycles. The number of carbonyl (C=O) groups is 1. The highest BCUT2D eigenvalue weighted by Gasteiger charge is 2.30. The quantitative estimate of drug-likeness (QED) is 0.729. The van der Waals surface area contributed by atoms with Gasteiger partial charge in [0.25, 0.3) is 0 Å². The fourth-order valence-corrected chi connectivity index (χ4v) is 4.90. The smallest absolute Gasteiger partial charge is 0.238 e. The van der Waals surface area contributed by atoms with Crippen molar-refractivity contribution in [2.24, 2.45) is 0 Å². The summed E-state index contributed by atoms with van der Waals surface area (Å²) in [6, 6.07) is 14.6. The number of fused-ring (bicyclic) bond motifs is 1. The Hall–Kier alpha value is -2.24.